The molecule has 5 aliphatic rings. The molecule has 3 aliphatic carbocycles. The van der Waals surface area contributed by atoms with Crippen LogP contribution in [-0.2, 0) is 42.2 Å². The molecule has 4 bridgehead atoms. The number of aromatic nitrogens is 1. The Balaban J connectivity index is 1.16. The standard InChI is InChI=1S/C44H55N5O10S2/c1-5-29-21-44(29,41(52)48-61(54,55)31-12-13-31)47-39(50)34-18-30-22-49(34)40(51)38(27-9-6-7-10-27)46-42(53)58-25-43(2,3)15-8-11-28-17-32-33(19-35(28)56-4)45-37(20-36(32)59-30)57-23-26-14-16-60-24-26/h5,14,16-17,19-20,24,27,29-31,34,38H,1,6-13,15,18,21-23,25H2,2-4H3,(H,46,53)(H,47,50)(H,48,52)/t29-,30+,34-,38-,44?/m0/s1. The van der Waals surface area contributed by atoms with E-state index >= 15 is 0 Å². The second-order valence-electron chi connectivity index (χ2n) is 18.0. The lowest BCUT2D eigenvalue weighted by molar-refractivity contribution is -0.142. The van der Waals surface area contributed by atoms with Crippen molar-refractivity contribution in [2.24, 2.45) is 17.3 Å². The van der Waals surface area contributed by atoms with E-state index in [0.717, 1.165) is 36.8 Å². The third-order valence-electron chi connectivity index (χ3n) is 12.8. The lowest BCUT2D eigenvalue weighted by Crippen LogP contribution is -2.59. The molecule has 3 aromatic rings. The molecule has 0 spiro atoms. The zero-order valence-corrected chi connectivity index (χ0v) is 36.5. The molecule has 17 heteroatoms. The van der Waals surface area contributed by atoms with E-state index in [9.17, 15) is 27.6 Å². The second-order valence-corrected chi connectivity index (χ2v) is 20.7. The number of thiophene rings is 1. The molecule has 5 atom stereocenters. The molecule has 61 heavy (non-hydrogen) atoms. The summed E-state index contributed by atoms with van der Waals surface area (Å²) in [5.41, 5.74) is 0.535. The Morgan fingerprint density at radius 3 is 2.61 bits per heavy atom. The fourth-order valence-electron chi connectivity index (χ4n) is 9.02. The van der Waals surface area contributed by atoms with Gasteiger partial charge in [-0.25, -0.2) is 18.2 Å². The van der Waals surface area contributed by atoms with E-state index in [1.165, 1.54) is 11.0 Å². The monoisotopic (exact) mass is 877 g/mol. The smallest absolute Gasteiger partial charge is 0.407 e. The number of hydrogen-bond acceptors (Lipinski definition) is 12. The third kappa shape index (κ3) is 9.32. The first-order valence-corrected chi connectivity index (χ1v) is 23.7. The summed E-state index contributed by atoms with van der Waals surface area (Å²) in [6.45, 7) is 8.26. The minimum atomic E-state index is -3.92. The number of nitrogens with one attached hydrogen (secondary N) is 3. The average Bonchev–Trinajstić information content (AvgIpc) is 3.97. The molecule has 3 saturated carbocycles. The molecule has 4 heterocycles. The van der Waals surface area contributed by atoms with Crippen LogP contribution in [0.4, 0.5) is 4.79 Å². The lowest BCUT2D eigenvalue weighted by Gasteiger charge is -2.32. The molecule has 15 nitrogen and oxygen atoms in total. The van der Waals surface area contributed by atoms with Gasteiger partial charge in [0.2, 0.25) is 27.7 Å². The van der Waals surface area contributed by atoms with Gasteiger partial charge in [0.1, 0.15) is 41.8 Å². The number of hydrogen-bond donors (Lipinski definition) is 3. The normalized spacial score (nSPS) is 27.0. The summed E-state index contributed by atoms with van der Waals surface area (Å²) < 4.78 is 52.6. The quantitative estimate of drug-likeness (QED) is 0.205. The largest absolute Gasteiger partial charge is 0.496 e. The van der Waals surface area contributed by atoms with Crippen LogP contribution < -0.4 is 29.6 Å². The van der Waals surface area contributed by atoms with Crippen molar-refractivity contribution < 1.29 is 46.5 Å². The van der Waals surface area contributed by atoms with Gasteiger partial charge in [0.25, 0.3) is 5.91 Å². The van der Waals surface area contributed by atoms with Crippen LogP contribution in [0, 0.1) is 17.3 Å². The Morgan fingerprint density at radius 2 is 1.92 bits per heavy atom. The SMILES string of the molecule is C=C[C@H]1CC1(NC(=O)[C@@H]1C[C@@H]2CN1C(=O)[C@H](C1CCCC1)NC(=O)OCC(C)(C)CCCc1cc3c(cc(OCc4ccsc4)nc3cc1OC)O2)C(=O)NS(=O)(=O)C1CC1. The van der Waals surface area contributed by atoms with Crippen molar-refractivity contribution in [2.75, 3.05) is 20.3 Å². The summed E-state index contributed by atoms with van der Waals surface area (Å²) in [5.74, 6) is -1.26. The highest BCUT2D eigenvalue weighted by atomic mass is 32.2. The van der Waals surface area contributed by atoms with Crippen LogP contribution in [0.3, 0.4) is 0 Å². The van der Waals surface area contributed by atoms with Crippen LogP contribution in [0.2, 0.25) is 0 Å². The van der Waals surface area contributed by atoms with Gasteiger partial charge in [0.05, 0.1) is 31.0 Å². The number of cyclic esters (lactones) is 1. The number of ether oxygens (including phenoxy) is 4. The predicted molar refractivity (Wildman–Crippen MR) is 228 cm³/mol. The van der Waals surface area contributed by atoms with Gasteiger partial charge in [0.15, 0.2) is 0 Å². The Labute approximate surface area is 360 Å². The van der Waals surface area contributed by atoms with Crippen LogP contribution in [0.5, 0.6) is 17.4 Å². The summed E-state index contributed by atoms with van der Waals surface area (Å²) in [4.78, 5) is 63.0. The fourth-order valence-corrected chi connectivity index (χ4v) is 11.0. The van der Waals surface area contributed by atoms with E-state index < -0.39 is 68.7 Å². The lowest BCUT2D eigenvalue weighted by atomic mass is 9.87. The van der Waals surface area contributed by atoms with Crippen LogP contribution in [0.15, 0.2) is 47.7 Å². The molecular weight excluding hydrogens is 823 g/mol. The number of rotatable bonds is 11. The highest BCUT2D eigenvalue weighted by Gasteiger charge is 2.62. The van der Waals surface area contributed by atoms with Gasteiger partial charge >= 0.3 is 6.09 Å². The van der Waals surface area contributed by atoms with Crippen molar-refractivity contribution in [3.63, 3.8) is 0 Å². The zero-order chi connectivity index (χ0) is 43.1. The van der Waals surface area contributed by atoms with Crippen molar-refractivity contribution >= 4 is 56.1 Å². The number of amides is 4. The molecule has 4 amide bonds. The van der Waals surface area contributed by atoms with E-state index in [1.807, 2.05) is 42.8 Å². The van der Waals surface area contributed by atoms with Gasteiger partial charge in [-0.2, -0.15) is 11.3 Å². The summed E-state index contributed by atoms with van der Waals surface area (Å²) in [6.07, 6.45) is 6.50. The molecule has 4 fully saturated rings. The van der Waals surface area contributed by atoms with Crippen molar-refractivity contribution in [3.8, 4) is 17.4 Å². The number of pyridine rings is 1. The minimum absolute atomic E-state index is 0.0258. The predicted octanol–water partition coefficient (Wildman–Crippen LogP) is 5.55. The van der Waals surface area contributed by atoms with E-state index in [4.69, 9.17) is 23.9 Å². The topological polar surface area (TPSA) is 192 Å². The van der Waals surface area contributed by atoms with E-state index in [-0.39, 0.29) is 43.9 Å². The molecule has 1 saturated heterocycles. The van der Waals surface area contributed by atoms with Crippen molar-refractivity contribution in [3.05, 3.63) is 58.8 Å². The maximum absolute atomic E-state index is 14.9. The number of carbonyl (C=O) groups is 4. The Morgan fingerprint density at radius 1 is 1.13 bits per heavy atom. The number of fused-ring (bicyclic) bond motifs is 3. The minimum Gasteiger partial charge on any atom is -0.496 e. The molecular formula is C44H55N5O10S2. The molecule has 8 rings (SSSR count). The van der Waals surface area contributed by atoms with Gasteiger partial charge in [0, 0.05) is 35.4 Å². The van der Waals surface area contributed by atoms with Crippen LogP contribution in [-0.4, -0.2) is 91.4 Å². The number of carbonyl (C=O) groups excluding carboxylic acids is 4. The molecule has 2 aliphatic heterocycles. The number of methoxy groups -OCH3 is 1. The maximum atomic E-state index is 14.9. The van der Waals surface area contributed by atoms with Gasteiger partial charge in [-0.05, 0) is 91.2 Å². The van der Waals surface area contributed by atoms with Gasteiger partial charge in [-0.3, -0.25) is 19.1 Å². The summed E-state index contributed by atoms with van der Waals surface area (Å²) in [7, 11) is -2.31. The number of nitrogens with zero attached hydrogens (tertiary/aromatic N) is 2. The van der Waals surface area contributed by atoms with Crippen molar-refractivity contribution in [1.82, 2.24) is 25.2 Å². The number of aryl methyl sites for hydroxylation is 1. The first-order valence-electron chi connectivity index (χ1n) is 21.3. The van der Waals surface area contributed by atoms with E-state index in [2.05, 4.69) is 21.9 Å². The van der Waals surface area contributed by atoms with Crippen molar-refractivity contribution in [1.29, 1.82) is 0 Å². The maximum Gasteiger partial charge on any atom is 0.407 e. The summed E-state index contributed by atoms with van der Waals surface area (Å²) in [5, 5.41) is 9.76. The summed E-state index contributed by atoms with van der Waals surface area (Å²) in [6, 6.07) is 5.43. The Bertz CT molecular complexity index is 2290. The average molecular weight is 878 g/mol. The molecule has 328 valence electrons. The molecule has 0 radical (unpaired) electrons. The number of sulfonamides is 1. The van der Waals surface area contributed by atoms with Gasteiger partial charge < -0.3 is 34.5 Å². The van der Waals surface area contributed by atoms with Gasteiger partial charge in [-0.15, -0.1) is 6.58 Å². The van der Waals surface area contributed by atoms with Crippen LogP contribution in [0.1, 0.15) is 89.2 Å². The molecule has 1 unspecified atom stereocenters. The van der Waals surface area contributed by atoms with Gasteiger partial charge in [-0.1, -0.05) is 32.8 Å². The fraction of sp³-hybridized carbons (Fsp3) is 0.568. The van der Waals surface area contributed by atoms with Crippen LogP contribution >= 0.6 is 11.3 Å². The van der Waals surface area contributed by atoms with Crippen molar-refractivity contribution in [2.45, 2.75) is 120 Å². The van der Waals surface area contributed by atoms with E-state index in [1.54, 1.807) is 24.5 Å². The summed E-state index contributed by atoms with van der Waals surface area (Å²) >= 11 is 1.56. The molecule has 1 aromatic carbocycles. The van der Waals surface area contributed by atoms with Crippen LogP contribution in [0.25, 0.3) is 10.9 Å². The highest BCUT2D eigenvalue weighted by Crippen LogP contribution is 2.46. The Kier molecular flexibility index (Phi) is 12.0. The first kappa shape index (κ1) is 42.8. The zero-order valence-electron chi connectivity index (χ0n) is 34.9. The molecule has 3 N–H and O–H groups in total. The van der Waals surface area contributed by atoms with E-state index in [0.29, 0.717) is 60.4 Å². The first-order chi connectivity index (χ1) is 29.2. The number of benzene rings is 1. The Hall–Kier alpha value is -4.90. The molecule has 2 aromatic heterocycles. The highest BCUT2D eigenvalue weighted by molar-refractivity contribution is 7.91. The number of alkyl carbamates (subject to hydrolysis) is 1. The third-order valence-corrected chi connectivity index (χ3v) is 15.4. The second kappa shape index (κ2) is 17.1.